The maximum absolute atomic E-state index is 11.3. The fourth-order valence-electron chi connectivity index (χ4n) is 2.67. The third-order valence-electron chi connectivity index (χ3n) is 3.98. The van der Waals surface area contributed by atoms with E-state index >= 15 is 0 Å². The van der Waals surface area contributed by atoms with Crippen molar-refractivity contribution in [2.24, 2.45) is 0 Å². The molecule has 3 rings (SSSR count). The summed E-state index contributed by atoms with van der Waals surface area (Å²) in [7, 11) is 0. The lowest BCUT2D eigenvalue weighted by Crippen LogP contribution is -2.48. The first-order valence-corrected chi connectivity index (χ1v) is 7.21. The number of amides is 1. The number of benzene rings is 1. The van der Waals surface area contributed by atoms with Crippen molar-refractivity contribution in [1.29, 1.82) is 0 Å². The zero-order valence-corrected chi connectivity index (χ0v) is 12.6. The maximum Gasteiger partial charge on any atom is 0.219 e. The van der Waals surface area contributed by atoms with Gasteiger partial charge in [-0.05, 0) is 25.5 Å². The van der Waals surface area contributed by atoms with Crippen molar-refractivity contribution in [2.75, 3.05) is 13.1 Å². The van der Waals surface area contributed by atoms with Gasteiger partial charge in [-0.2, -0.15) is 0 Å². The van der Waals surface area contributed by atoms with Gasteiger partial charge in [0, 0.05) is 31.3 Å². The highest BCUT2D eigenvalue weighted by Crippen LogP contribution is 2.28. The second kappa shape index (κ2) is 5.28. The lowest BCUT2D eigenvalue weighted by atomic mass is 9.98. The van der Waals surface area contributed by atoms with Gasteiger partial charge in [-0.3, -0.25) is 4.79 Å². The van der Waals surface area contributed by atoms with Gasteiger partial charge in [0.2, 0.25) is 5.91 Å². The summed E-state index contributed by atoms with van der Waals surface area (Å²) in [5, 5.41) is 0. The fourth-order valence-corrected chi connectivity index (χ4v) is 2.67. The van der Waals surface area contributed by atoms with E-state index in [1.54, 1.807) is 6.92 Å². The molecule has 1 aromatic carbocycles. The fraction of sp³-hybridized carbons (Fsp3) is 0.353. The van der Waals surface area contributed by atoms with Gasteiger partial charge >= 0.3 is 0 Å². The average molecular weight is 281 g/mol. The van der Waals surface area contributed by atoms with Crippen molar-refractivity contribution >= 4 is 5.91 Å². The van der Waals surface area contributed by atoms with Crippen LogP contribution in [0.1, 0.15) is 29.9 Å². The normalized spacial score (nSPS) is 14.9. The predicted molar refractivity (Wildman–Crippen MR) is 81.9 cm³/mol. The number of aryl methyl sites for hydroxylation is 2. The first kappa shape index (κ1) is 13.7. The Balaban J connectivity index is 1.91. The Morgan fingerprint density at radius 1 is 1.19 bits per heavy atom. The van der Waals surface area contributed by atoms with Gasteiger partial charge in [0.25, 0.3) is 0 Å². The molecule has 2 aromatic rings. The van der Waals surface area contributed by atoms with Crippen LogP contribution >= 0.6 is 0 Å². The lowest BCUT2D eigenvalue weighted by molar-refractivity contribution is -0.133. The summed E-state index contributed by atoms with van der Waals surface area (Å²) in [4.78, 5) is 22.4. The van der Waals surface area contributed by atoms with Gasteiger partial charge < -0.3 is 4.90 Å². The molecule has 108 valence electrons. The number of likely N-dealkylation sites (tertiary alicyclic amines) is 1. The van der Waals surface area contributed by atoms with Gasteiger partial charge in [-0.15, -0.1) is 0 Å². The van der Waals surface area contributed by atoms with E-state index in [2.05, 4.69) is 24.0 Å². The van der Waals surface area contributed by atoms with Crippen LogP contribution in [0.25, 0.3) is 11.3 Å². The third kappa shape index (κ3) is 2.66. The summed E-state index contributed by atoms with van der Waals surface area (Å²) in [6, 6.07) is 10.3. The molecule has 0 spiro atoms. The van der Waals surface area contributed by atoms with Gasteiger partial charge in [-0.1, -0.05) is 24.3 Å². The molecule has 0 radical (unpaired) electrons. The number of carbonyl (C=O) groups is 1. The second-order valence-electron chi connectivity index (χ2n) is 5.69. The summed E-state index contributed by atoms with van der Waals surface area (Å²) in [5.74, 6) is 1.24. The Kier molecular flexibility index (Phi) is 3.45. The Hall–Kier alpha value is -2.23. The molecule has 1 fully saturated rings. The summed E-state index contributed by atoms with van der Waals surface area (Å²) in [6.45, 7) is 7.14. The van der Waals surface area contributed by atoms with E-state index in [0.29, 0.717) is 0 Å². The highest BCUT2D eigenvalue weighted by Gasteiger charge is 2.32. The van der Waals surface area contributed by atoms with Crippen LogP contribution in [0.3, 0.4) is 0 Å². The number of carbonyl (C=O) groups excluding carboxylic acids is 1. The van der Waals surface area contributed by atoms with Crippen molar-refractivity contribution in [3.63, 3.8) is 0 Å². The molecular formula is C17H19N3O. The molecule has 0 atom stereocenters. The van der Waals surface area contributed by atoms with E-state index in [-0.39, 0.29) is 11.8 Å². The number of hydrogen-bond donors (Lipinski definition) is 0. The summed E-state index contributed by atoms with van der Waals surface area (Å²) in [6.07, 6.45) is 0. The summed E-state index contributed by atoms with van der Waals surface area (Å²) >= 11 is 0. The number of nitrogens with zero attached hydrogens (tertiary/aromatic N) is 3. The Morgan fingerprint density at radius 3 is 2.57 bits per heavy atom. The minimum atomic E-state index is 0.123. The van der Waals surface area contributed by atoms with E-state index in [4.69, 9.17) is 4.98 Å². The van der Waals surface area contributed by atoms with Crippen LogP contribution in [0.15, 0.2) is 30.3 Å². The van der Waals surface area contributed by atoms with Crippen molar-refractivity contribution in [3.05, 3.63) is 47.4 Å². The predicted octanol–water partition coefficient (Wildman–Crippen LogP) is 2.71. The van der Waals surface area contributed by atoms with E-state index in [1.807, 2.05) is 30.0 Å². The molecule has 4 heteroatoms. The zero-order chi connectivity index (χ0) is 15.0. The lowest BCUT2D eigenvalue weighted by Gasteiger charge is -2.37. The molecule has 1 aliphatic rings. The zero-order valence-electron chi connectivity index (χ0n) is 12.6. The van der Waals surface area contributed by atoms with E-state index in [0.717, 1.165) is 35.9 Å². The molecule has 0 aliphatic carbocycles. The number of aromatic nitrogens is 2. The van der Waals surface area contributed by atoms with Gasteiger partial charge in [0.05, 0.1) is 11.6 Å². The molecule has 0 N–H and O–H groups in total. The Bertz CT molecular complexity index is 690. The third-order valence-corrected chi connectivity index (χ3v) is 3.98. The monoisotopic (exact) mass is 281 g/mol. The molecular weight excluding hydrogens is 262 g/mol. The molecule has 1 saturated heterocycles. The molecule has 1 amide bonds. The van der Waals surface area contributed by atoms with Crippen LogP contribution < -0.4 is 0 Å². The van der Waals surface area contributed by atoms with E-state index in [9.17, 15) is 4.79 Å². The molecule has 0 unspecified atom stereocenters. The highest BCUT2D eigenvalue weighted by atomic mass is 16.2. The smallest absolute Gasteiger partial charge is 0.219 e. The minimum absolute atomic E-state index is 0.123. The molecule has 4 nitrogen and oxygen atoms in total. The average Bonchev–Trinajstić information content (AvgIpc) is 2.36. The van der Waals surface area contributed by atoms with Crippen LogP contribution in [0.5, 0.6) is 0 Å². The molecule has 0 bridgehead atoms. The topological polar surface area (TPSA) is 46.1 Å². The first-order chi connectivity index (χ1) is 10.0. The SMILES string of the molecule is CC(=O)N1CC(c2nc(C)cc(-c3ccccc3C)n2)C1. The molecule has 21 heavy (non-hydrogen) atoms. The molecule has 1 aliphatic heterocycles. The molecule has 1 aromatic heterocycles. The summed E-state index contributed by atoms with van der Waals surface area (Å²) in [5.41, 5.74) is 4.30. The number of hydrogen-bond acceptors (Lipinski definition) is 3. The van der Waals surface area contributed by atoms with Crippen LogP contribution in [0, 0.1) is 13.8 Å². The van der Waals surface area contributed by atoms with Crippen molar-refractivity contribution in [3.8, 4) is 11.3 Å². The quantitative estimate of drug-likeness (QED) is 0.850. The van der Waals surface area contributed by atoms with Crippen molar-refractivity contribution in [2.45, 2.75) is 26.7 Å². The Morgan fingerprint density at radius 2 is 1.90 bits per heavy atom. The first-order valence-electron chi connectivity index (χ1n) is 7.21. The highest BCUT2D eigenvalue weighted by molar-refractivity contribution is 5.74. The van der Waals surface area contributed by atoms with E-state index < -0.39 is 0 Å². The second-order valence-corrected chi connectivity index (χ2v) is 5.69. The van der Waals surface area contributed by atoms with Gasteiger partial charge in [0.15, 0.2) is 0 Å². The standard InChI is InChI=1S/C17H19N3O/c1-11-6-4-5-7-15(11)16-8-12(2)18-17(19-16)14-9-20(10-14)13(3)21/h4-8,14H,9-10H2,1-3H3. The Labute approximate surface area is 124 Å². The molecule has 2 heterocycles. The van der Waals surface area contributed by atoms with Crippen molar-refractivity contribution in [1.82, 2.24) is 14.9 Å². The maximum atomic E-state index is 11.3. The van der Waals surface area contributed by atoms with Crippen LogP contribution in [-0.2, 0) is 4.79 Å². The van der Waals surface area contributed by atoms with E-state index in [1.165, 1.54) is 5.56 Å². The number of rotatable bonds is 2. The van der Waals surface area contributed by atoms with Gasteiger partial charge in [0.1, 0.15) is 5.82 Å². The van der Waals surface area contributed by atoms with Crippen LogP contribution in [0.4, 0.5) is 0 Å². The summed E-state index contributed by atoms with van der Waals surface area (Å²) < 4.78 is 0. The van der Waals surface area contributed by atoms with Gasteiger partial charge in [-0.25, -0.2) is 9.97 Å². The van der Waals surface area contributed by atoms with Crippen LogP contribution in [-0.4, -0.2) is 33.9 Å². The largest absolute Gasteiger partial charge is 0.341 e. The van der Waals surface area contributed by atoms with Crippen molar-refractivity contribution < 1.29 is 4.79 Å². The molecule has 0 saturated carbocycles. The minimum Gasteiger partial charge on any atom is -0.341 e. The van der Waals surface area contributed by atoms with Crippen LogP contribution in [0.2, 0.25) is 0 Å².